The Balaban J connectivity index is 1.86. The van der Waals surface area contributed by atoms with Gasteiger partial charge >= 0.3 is 13.8 Å². The van der Waals surface area contributed by atoms with Gasteiger partial charge < -0.3 is 28.5 Å². The minimum absolute atomic E-state index is 0.0350. The lowest BCUT2D eigenvalue weighted by Crippen LogP contribution is -2.40. The smallest absolute Gasteiger partial charge is 0.490 e. The summed E-state index contributed by atoms with van der Waals surface area (Å²) in [7, 11) is -3.66. The molecule has 0 saturated carbocycles. The predicted molar refractivity (Wildman–Crippen MR) is 115 cm³/mol. The molecule has 0 bridgehead atoms. The van der Waals surface area contributed by atoms with Crippen LogP contribution in [0.5, 0.6) is 5.75 Å². The Hall–Kier alpha value is -1.64. The van der Waals surface area contributed by atoms with Gasteiger partial charge in [0, 0.05) is 25.9 Å². The van der Waals surface area contributed by atoms with Crippen LogP contribution in [0.4, 0.5) is 4.79 Å². The standard InChI is InChI=1S/C21H34NO8P/c1-6-26-31(25,27-7-2)19(23)16-8-10-17(11-9-16)28-18-12-14-22(15-13-18)30-20(24)29-21(3,4)5/h8-11,18-19,23H,6-7,12-15H2,1-5H3. The first-order valence-corrected chi connectivity index (χ1v) is 12.2. The molecule has 0 aromatic heterocycles. The third kappa shape index (κ3) is 8.09. The van der Waals surface area contributed by atoms with Gasteiger partial charge in [-0.25, -0.2) is 4.79 Å². The quantitative estimate of drug-likeness (QED) is 0.417. The summed E-state index contributed by atoms with van der Waals surface area (Å²) in [6.45, 7) is 10.1. The van der Waals surface area contributed by atoms with Crippen LogP contribution >= 0.6 is 7.60 Å². The van der Waals surface area contributed by atoms with E-state index >= 15 is 0 Å². The predicted octanol–water partition coefficient (Wildman–Crippen LogP) is 4.65. The highest BCUT2D eigenvalue weighted by Gasteiger charge is 2.35. The van der Waals surface area contributed by atoms with E-state index in [4.69, 9.17) is 23.4 Å². The molecule has 10 heteroatoms. The normalized spacial score (nSPS) is 17.2. The Labute approximate surface area is 184 Å². The summed E-state index contributed by atoms with van der Waals surface area (Å²) in [6, 6.07) is 6.71. The molecule has 1 unspecified atom stereocenters. The van der Waals surface area contributed by atoms with Crippen LogP contribution in [0, 0.1) is 0 Å². The molecule has 1 fully saturated rings. The number of rotatable bonds is 9. The average Bonchev–Trinajstić information content (AvgIpc) is 2.68. The summed E-state index contributed by atoms with van der Waals surface area (Å²) in [5.74, 6) is -0.736. The average molecular weight is 459 g/mol. The van der Waals surface area contributed by atoms with E-state index in [-0.39, 0.29) is 19.3 Å². The van der Waals surface area contributed by atoms with Crippen molar-refractivity contribution in [1.29, 1.82) is 0 Å². The van der Waals surface area contributed by atoms with Crippen molar-refractivity contribution in [3.05, 3.63) is 29.8 Å². The Morgan fingerprint density at radius 2 is 1.68 bits per heavy atom. The number of hydrogen-bond acceptors (Lipinski definition) is 9. The van der Waals surface area contributed by atoms with Crippen LogP contribution in [0.3, 0.4) is 0 Å². The van der Waals surface area contributed by atoms with Crippen LogP contribution in [0.1, 0.15) is 58.9 Å². The molecule has 0 spiro atoms. The molecule has 2 rings (SSSR count). The minimum Gasteiger partial charge on any atom is -0.490 e. The van der Waals surface area contributed by atoms with Crippen LogP contribution in [0.25, 0.3) is 0 Å². The summed E-state index contributed by atoms with van der Waals surface area (Å²) in [5, 5.41) is 12.1. The summed E-state index contributed by atoms with van der Waals surface area (Å²) >= 11 is 0. The van der Waals surface area contributed by atoms with Crippen LogP contribution in [0.15, 0.2) is 24.3 Å². The largest absolute Gasteiger partial charge is 0.528 e. The van der Waals surface area contributed by atoms with Crippen molar-refractivity contribution in [3.63, 3.8) is 0 Å². The molecule has 1 aliphatic heterocycles. The van der Waals surface area contributed by atoms with Crippen molar-refractivity contribution in [2.75, 3.05) is 26.3 Å². The lowest BCUT2D eigenvalue weighted by atomic mass is 10.1. The number of aliphatic hydroxyl groups is 1. The van der Waals surface area contributed by atoms with E-state index in [2.05, 4.69) is 0 Å². The Bertz CT molecular complexity index is 731. The third-order valence-corrected chi connectivity index (χ3v) is 6.53. The Morgan fingerprint density at radius 1 is 1.13 bits per heavy atom. The van der Waals surface area contributed by atoms with Gasteiger partial charge in [-0.1, -0.05) is 12.1 Å². The van der Waals surface area contributed by atoms with Crippen LogP contribution in [0.2, 0.25) is 0 Å². The first-order valence-electron chi connectivity index (χ1n) is 10.6. The van der Waals surface area contributed by atoms with Crippen molar-refractivity contribution in [2.45, 2.75) is 65.0 Å². The maximum absolute atomic E-state index is 12.7. The van der Waals surface area contributed by atoms with Gasteiger partial charge in [0.2, 0.25) is 0 Å². The van der Waals surface area contributed by atoms with Gasteiger partial charge in [0.25, 0.3) is 0 Å². The number of aliphatic hydroxyl groups excluding tert-OH is 1. The fourth-order valence-corrected chi connectivity index (χ4v) is 4.66. The van der Waals surface area contributed by atoms with Gasteiger partial charge in [0.15, 0.2) is 5.85 Å². The molecule has 0 aliphatic carbocycles. The van der Waals surface area contributed by atoms with Crippen molar-refractivity contribution in [3.8, 4) is 5.75 Å². The highest BCUT2D eigenvalue weighted by atomic mass is 31.2. The molecule has 1 aromatic rings. The van der Waals surface area contributed by atoms with E-state index in [9.17, 15) is 14.5 Å². The summed E-state index contributed by atoms with van der Waals surface area (Å²) in [6.07, 6.45) is 0.610. The number of piperidine rings is 1. The summed E-state index contributed by atoms with van der Waals surface area (Å²) < 4.78 is 34.3. The molecule has 1 aliphatic rings. The van der Waals surface area contributed by atoms with E-state index in [0.29, 0.717) is 37.2 Å². The zero-order valence-electron chi connectivity index (χ0n) is 18.9. The number of ether oxygens (including phenoxy) is 2. The van der Waals surface area contributed by atoms with E-state index in [1.54, 1.807) is 63.9 Å². The molecule has 1 saturated heterocycles. The second kappa shape index (κ2) is 11.3. The van der Waals surface area contributed by atoms with E-state index in [0.717, 1.165) is 0 Å². The Morgan fingerprint density at radius 3 is 2.16 bits per heavy atom. The van der Waals surface area contributed by atoms with E-state index < -0.39 is 25.2 Å². The van der Waals surface area contributed by atoms with Crippen LogP contribution in [-0.4, -0.2) is 54.3 Å². The fourth-order valence-electron chi connectivity index (χ4n) is 3.05. The van der Waals surface area contributed by atoms with Gasteiger partial charge in [-0.05, 0) is 52.3 Å². The highest BCUT2D eigenvalue weighted by Crippen LogP contribution is 2.59. The second-order valence-corrected chi connectivity index (χ2v) is 10.2. The first-order chi connectivity index (χ1) is 14.6. The van der Waals surface area contributed by atoms with Gasteiger partial charge in [-0.2, -0.15) is 0 Å². The molecule has 1 heterocycles. The zero-order chi connectivity index (χ0) is 23.1. The van der Waals surface area contributed by atoms with Gasteiger partial charge in [0.05, 0.1) is 13.2 Å². The van der Waals surface area contributed by atoms with Crippen molar-refractivity contribution < 1.29 is 37.8 Å². The number of benzene rings is 1. The molecule has 0 amide bonds. The first kappa shape index (κ1) is 25.6. The molecular formula is C21H34NO8P. The topological polar surface area (TPSA) is 104 Å². The number of carbonyl (C=O) groups excluding carboxylic acids is 1. The fraction of sp³-hybridized carbons (Fsp3) is 0.667. The van der Waals surface area contributed by atoms with E-state index in [1.165, 1.54) is 0 Å². The van der Waals surface area contributed by atoms with Gasteiger partial charge in [-0.3, -0.25) is 4.57 Å². The molecule has 176 valence electrons. The number of hydroxylamine groups is 2. The van der Waals surface area contributed by atoms with E-state index in [1.807, 2.05) is 0 Å². The van der Waals surface area contributed by atoms with Crippen molar-refractivity contribution in [2.24, 2.45) is 0 Å². The molecule has 1 aromatic carbocycles. The second-order valence-electron chi connectivity index (χ2n) is 8.12. The van der Waals surface area contributed by atoms with Gasteiger partial charge in [-0.15, -0.1) is 5.06 Å². The third-order valence-electron chi connectivity index (χ3n) is 4.39. The molecule has 31 heavy (non-hydrogen) atoms. The SMILES string of the molecule is CCOP(=O)(OCC)C(O)c1ccc(OC2CCN(OC(=O)OC(C)(C)C)CC2)cc1. The summed E-state index contributed by atoms with van der Waals surface area (Å²) in [4.78, 5) is 17.0. The number of carbonyl (C=O) groups is 1. The Kier molecular flexibility index (Phi) is 9.33. The van der Waals surface area contributed by atoms with Crippen LogP contribution in [-0.2, 0) is 23.2 Å². The number of hydrogen-bond donors (Lipinski definition) is 1. The molecular weight excluding hydrogens is 425 g/mol. The molecule has 0 radical (unpaired) electrons. The minimum atomic E-state index is -3.66. The lowest BCUT2D eigenvalue weighted by Gasteiger charge is -2.31. The maximum Gasteiger partial charge on any atom is 0.528 e. The maximum atomic E-state index is 12.7. The molecule has 9 nitrogen and oxygen atoms in total. The summed E-state index contributed by atoms with van der Waals surface area (Å²) in [5.41, 5.74) is -0.171. The zero-order valence-corrected chi connectivity index (χ0v) is 19.8. The van der Waals surface area contributed by atoms with Crippen LogP contribution < -0.4 is 4.74 Å². The van der Waals surface area contributed by atoms with Gasteiger partial charge in [0.1, 0.15) is 17.5 Å². The molecule has 1 N–H and O–H groups in total. The molecule has 1 atom stereocenters. The number of nitrogens with zero attached hydrogens (tertiary/aromatic N) is 1. The lowest BCUT2D eigenvalue weighted by molar-refractivity contribution is -0.158. The van der Waals surface area contributed by atoms with Crippen molar-refractivity contribution >= 4 is 13.8 Å². The van der Waals surface area contributed by atoms with Crippen molar-refractivity contribution in [1.82, 2.24) is 5.06 Å². The highest BCUT2D eigenvalue weighted by molar-refractivity contribution is 7.54. The monoisotopic (exact) mass is 459 g/mol.